The summed E-state index contributed by atoms with van der Waals surface area (Å²) in [5.41, 5.74) is -0.968. The second-order valence-electron chi connectivity index (χ2n) is 8.55. The summed E-state index contributed by atoms with van der Waals surface area (Å²) in [5.74, 6) is 1.95. The standard InChI is InChI=1S/C20H27NO3/c1-3-9-21-10-8-19-16-13-4-5-14(22)17(16)24-18(19)12(2)6-7-20(19,23)15(21)11-13/h3-5,12-13,15-16,18,22-23H,1,6-11H2,2H3/t12?,13?,15-,16?,18+,19+,20-/m1/s1. The van der Waals surface area contributed by atoms with Gasteiger partial charge in [0.1, 0.15) is 11.9 Å². The third-order valence-electron chi connectivity index (χ3n) is 7.75. The molecule has 2 saturated heterocycles. The average molecular weight is 329 g/mol. The minimum atomic E-state index is -0.722. The molecule has 4 nitrogen and oxygen atoms in total. The van der Waals surface area contributed by atoms with Crippen LogP contribution in [0.3, 0.4) is 0 Å². The van der Waals surface area contributed by atoms with E-state index < -0.39 is 5.60 Å². The molecule has 0 aromatic rings. The molecule has 2 aliphatic heterocycles. The van der Waals surface area contributed by atoms with Gasteiger partial charge in [0.25, 0.3) is 0 Å². The molecule has 130 valence electrons. The zero-order valence-corrected chi connectivity index (χ0v) is 14.3. The second-order valence-corrected chi connectivity index (χ2v) is 8.55. The SMILES string of the molecule is C=CCN1CC[C@@]23C4C5=C(O)C=CC4C[C@@H]1[C@]2(O)CCC(C)[C@@H]3O5. The first-order chi connectivity index (χ1) is 11.5. The minimum absolute atomic E-state index is 0.0227. The minimum Gasteiger partial charge on any atom is -0.504 e. The van der Waals surface area contributed by atoms with Crippen LogP contribution in [0.2, 0.25) is 0 Å². The Balaban J connectivity index is 1.70. The number of allylic oxidation sites excluding steroid dienone is 3. The summed E-state index contributed by atoms with van der Waals surface area (Å²) in [7, 11) is 0. The highest BCUT2D eigenvalue weighted by atomic mass is 16.5. The number of likely N-dealkylation sites (tertiary alicyclic amines) is 1. The van der Waals surface area contributed by atoms with Crippen LogP contribution in [0.25, 0.3) is 0 Å². The van der Waals surface area contributed by atoms with Crippen molar-refractivity contribution in [2.75, 3.05) is 13.1 Å². The van der Waals surface area contributed by atoms with Crippen LogP contribution in [0.1, 0.15) is 32.6 Å². The maximum absolute atomic E-state index is 12.0. The van der Waals surface area contributed by atoms with E-state index in [1.165, 1.54) is 0 Å². The molecule has 0 radical (unpaired) electrons. The van der Waals surface area contributed by atoms with Crippen molar-refractivity contribution in [1.82, 2.24) is 4.90 Å². The average Bonchev–Trinajstić information content (AvgIpc) is 2.91. The maximum Gasteiger partial charge on any atom is 0.153 e. The van der Waals surface area contributed by atoms with Crippen molar-refractivity contribution in [3.63, 3.8) is 0 Å². The van der Waals surface area contributed by atoms with Gasteiger partial charge >= 0.3 is 0 Å². The molecule has 2 N–H and O–H groups in total. The van der Waals surface area contributed by atoms with E-state index in [0.717, 1.165) is 44.5 Å². The lowest BCUT2D eigenvalue weighted by Gasteiger charge is -2.66. The van der Waals surface area contributed by atoms with Crippen LogP contribution in [-0.4, -0.2) is 45.9 Å². The summed E-state index contributed by atoms with van der Waals surface area (Å²) >= 11 is 0. The van der Waals surface area contributed by atoms with E-state index in [1.807, 2.05) is 12.2 Å². The molecule has 0 aromatic carbocycles. The summed E-state index contributed by atoms with van der Waals surface area (Å²) in [6.07, 6.45) is 9.65. The van der Waals surface area contributed by atoms with Crippen LogP contribution >= 0.6 is 0 Å². The fourth-order valence-electron chi connectivity index (χ4n) is 6.88. The molecule has 0 aromatic heterocycles. The summed E-state index contributed by atoms with van der Waals surface area (Å²) in [4.78, 5) is 2.42. The summed E-state index contributed by atoms with van der Waals surface area (Å²) in [5, 5.41) is 22.4. The van der Waals surface area contributed by atoms with Gasteiger partial charge in [-0.05, 0) is 50.1 Å². The van der Waals surface area contributed by atoms with E-state index in [0.29, 0.717) is 11.8 Å². The number of rotatable bonds is 2. The molecular weight excluding hydrogens is 302 g/mol. The van der Waals surface area contributed by atoms with Crippen LogP contribution in [0.5, 0.6) is 0 Å². The molecule has 0 amide bonds. The van der Waals surface area contributed by atoms with Gasteiger partial charge in [-0.15, -0.1) is 6.58 Å². The zero-order valence-electron chi connectivity index (χ0n) is 14.3. The van der Waals surface area contributed by atoms with Gasteiger partial charge in [-0.25, -0.2) is 0 Å². The molecular formula is C20H27NO3. The highest BCUT2D eigenvalue weighted by Gasteiger charge is 2.76. The Kier molecular flexibility index (Phi) is 2.93. The van der Waals surface area contributed by atoms with E-state index in [9.17, 15) is 10.2 Å². The molecule has 1 spiro atoms. The molecule has 7 atom stereocenters. The number of hydrogen-bond acceptors (Lipinski definition) is 4. The summed E-state index contributed by atoms with van der Waals surface area (Å²) < 4.78 is 6.39. The molecule has 24 heavy (non-hydrogen) atoms. The summed E-state index contributed by atoms with van der Waals surface area (Å²) in [6.45, 7) is 7.97. The molecule has 3 unspecified atom stereocenters. The predicted octanol–water partition coefficient (Wildman–Crippen LogP) is 2.77. The zero-order chi connectivity index (χ0) is 16.7. The summed E-state index contributed by atoms with van der Waals surface area (Å²) in [6, 6.07) is 0.161. The third-order valence-corrected chi connectivity index (χ3v) is 7.75. The van der Waals surface area contributed by atoms with Crippen molar-refractivity contribution < 1.29 is 14.9 Å². The number of hydrogen-bond donors (Lipinski definition) is 2. The Morgan fingerprint density at radius 3 is 3.08 bits per heavy atom. The normalized spacial score (nSPS) is 52.0. The van der Waals surface area contributed by atoms with E-state index in [2.05, 4.69) is 24.5 Å². The fourth-order valence-corrected chi connectivity index (χ4v) is 6.88. The van der Waals surface area contributed by atoms with E-state index >= 15 is 0 Å². The van der Waals surface area contributed by atoms with Gasteiger partial charge in [0.2, 0.25) is 0 Å². The van der Waals surface area contributed by atoms with E-state index in [4.69, 9.17) is 4.74 Å². The van der Waals surface area contributed by atoms with Crippen LogP contribution in [0.4, 0.5) is 0 Å². The molecule has 3 aliphatic carbocycles. The molecule has 4 fully saturated rings. The maximum atomic E-state index is 12.0. The first-order valence-corrected chi connectivity index (χ1v) is 9.38. The van der Waals surface area contributed by atoms with Crippen LogP contribution in [0.15, 0.2) is 36.3 Å². The fraction of sp³-hybridized carbons (Fsp3) is 0.700. The van der Waals surface area contributed by atoms with Gasteiger partial charge in [-0.3, -0.25) is 4.90 Å². The van der Waals surface area contributed by atoms with Gasteiger partial charge in [0.05, 0.1) is 5.60 Å². The smallest absolute Gasteiger partial charge is 0.153 e. The van der Waals surface area contributed by atoms with Crippen molar-refractivity contribution in [2.45, 2.75) is 50.4 Å². The first kappa shape index (κ1) is 15.0. The first-order valence-electron chi connectivity index (χ1n) is 9.38. The molecule has 5 aliphatic rings. The molecule has 4 heteroatoms. The van der Waals surface area contributed by atoms with Crippen molar-refractivity contribution in [2.24, 2.45) is 23.2 Å². The largest absolute Gasteiger partial charge is 0.504 e. The number of nitrogens with zero attached hydrogens (tertiary/aromatic N) is 1. The van der Waals surface area contributed by atoms with Gasteiger partial charge in [-0.2, -0.15) is 0 Å². The van der Waals surface area contributed by atoms with Crippen molar-refractivity contribution in [3.8, 4) is 0 Å². The van der Waals surface area contributed by atoms with Crippen molar-refractivity contribution >= 4 is 0 Å². The molecule has 2 bridgehead atoms. The quantitative estimate of drug-likeness (QED) is 0.765. The van der Waals surface area contributed by atoms with E-state index in [-0.39, 0.29) is 29.2 Å². The molecule has 2 saturated carbocycles. The van der Waals surface area contributed by atoms with Gasteiger partial charge in [0, 0.05) is 23.9 Å². The van der Waals surface area contributed by atoms with Crippen LogP contribution in [0, 0.1) is 23.2 Å². The van der Waals surface area contributed by atoms with Crippen LogP contribution in [-0.2, 0) is 4.74 Å². The lowest BCUT2D eigenvalue weighted by atomic mass is 9.43. The monoisotopic (exact) mass is 329 g/mol. The second kappa shape index (κ2) is 4.67. The highest BCUT2D eigenvalue weighted by Crippen LogP contribution is 2.70. The van der Waals surface area contributed by atoms with Crippen molar-refractivity contribution in [1.29, 1.82) is 0 Å². The Labute approximate surface area is 143 Å². The van der Waals surface area contributed by atoms with Gasteiger partial charge < -0.3 is 14.9 Å². The number of aliphatic hydroxyl groups is 2. The Hall–Kier alpha value is -1.26. The van der Waals surface area contributed by atoms with Gasteiger partial charge in [-0.1, -0.05) is 19.1 Å². The number of ether oxygens (including phenoxy) is 1. The Bertz CT molecular complexity index is 655. The Morgan fingerprint density at radius 2 is 2.29 bits per heavy atom. The van der Waals surface area contributed by atoms with Gasteiger partial charge in [0.15, 0.2) is 5.76 Å². The Morgan fingerprint density at radius 1 is 1.46 bits per heavy atom. The lowest BCUT2D eigenvalue weighted by molar-refractivity contribution is -0.257. The van der Waals surface area contributed by atoms with E-state index in [1.54, 1.807) is 0 Å². The third kappa shape index (κ3) is 1.49. The molecule has 5 rings (SSSR count). The number of piperidine rings is 1. The lowest BCUT2D eigenvalue weighted by Crippen LogP contribution is -2.76. The predicted molar refractivity (Wildman–Crippen MR) is 91.2 cm³/mol. The topological polar surface area (TPSA) is 52.9 Å². The number of aliphatic hydroxyl groups excluding tert-OH is 1. The van der Waals surface area contributed by atoms with Crippen molar-refractivity contribution in [3.05, 3.63) is 36.3 Å². The van der Waals surface area contributed by atoms with Crippen LogP contribution < -0.4 is 0 Å². The molecule has 2 heterocycles. The highest BCUT2D eigenvalue weighted by molar-refractivity contribution is 5.38.